The van der Waals surface area contributed by atoms with Crippen LogP contribution < -0.4 is 5.73 Å². The molecule has 0 radical (unpaired) electrons. The minimum Gasteiger partial charge on any atom is -0.443 e. The molecule has 0 saturated carbocycles. The maximum absolute atomic E-state index is 5.93. The molecule has 1 aliphatic rings. The number of hydrogen-bond acceptors (Lipinski definition) is 4. The number of nitrogens with zero attached hydrogens (tertiary/aromatic N) is 1. The van der Waals surface area contributed by atoms with E-state index in [4.69, 9.17) is 14.9 Å². The van der Waals surface area contributed by atoms with E-state index >= 15 is 0 Å². The zero-order valence-corrected chi connectivity index (χ0v) is 9.85. The van der Waals surface area contributed by atoms with Crippen molar-refractivity contribution in [2.45, 2.75) is 24.8 Å². The fraction of sp³-hybridized carbons (Fsp3) is 0.462. The summed E-state index contributed by atoms with van der Waals surface area (Å²) in [4.78, 5) is 4.12. The average Bonchev–Trinajstić information content (AvgIpc) is 2.69. The van der Waals surface area contributed by atoms with E-state index in [1.165, 1.54) is 12.0 Å². The minimum atomic E-state index is 0.0646. The normalized spacial score (nSPS) is 20.1. The molecule has 0 amide bonds. The highest BCUT2D eigenvalue weighted by atomic mass is 16.5. The Morgan fingerprint density at radius 1 is 1.47 bits per heavy atom. The van der Waals surface area contributed by atoms with Crippen molar-refractivity contribution in [2.75, 3.05) is 13.2 Å². The molecule has 2 heterocycles. The number of nitrogens with two attached hydrogens (primary N) is 1. The van der Waals surface area contributed by atoms with Crippen LogP contribution in [0.25, 0.3) is 11.1 Å². The smallest absolute Gasteiger partial charge is 0.181 e. The molecule has 0 spiro atoms. The van der Waals surface area contributed by atoms with Gasteiger partial charge in [0.25, 0.3) is 0 Å². The first kappa shape index (κ1) is 10.7. The molecule has 0 aliphatic carbocycles. The molecule has 2 aromatic rings. The van der Waals surface area contributed by atoms with Crippen molar-refractivity contribution >= 4 is 11.1 Å². The largest absolute Gasteiger partial charge is 0.443 e. The highest BCUT2D eigenvalue weighted by Crippen LogP contribution is 2.37. The Kier molecular flexibility index (Phi) is 2.42. The molecule has 3 rings (SSSR count). The Balaban J connectivity index is 2.00. The molecule has 4 nitrogen and oxygen atoms in total. The van der Waals surface area contributed by atoms with Gasteiger partial charge in [0.2, 0.25) is 0 Å². The molecule has 1 aliphatic heterocycles. The van der Waals surface area contributed by atoms with Crippen LogP contribution in [0.15, 0.2) is 29.0 Å². The van der Waals surface area contributed by atoms with Gasteiger partial charge in [-0.2, -0.15) is 0 Å². The third-order valence-electron chi connectivity index (χ3n) is 3.41. The summed E-state index contributed by atoms with van der Waals surface area (Å²) in [5, 5.41) is 0. The molecule has 1 atom stereocenters. The van der Waals surface area contributed by atoms with Crippen molar-refractivity contribution in [3.05, 3.63) is 30.2 Å². The first-order valence-corrected chi connectivity index (χ1v) is 5.87. The van der Waals surface area contributed by atoms with E-state index in [9.17, 15) is 0 Å². The number of oxazole rings is 1. The lowest BCUT2D eigenvalue weighted by atomic mass is 9.74. The summed E-state index contributed by atoms with van der Waals surface area (Å²) >= 11 is 0. The Morgan fingerprint density at radius 3 is 2.94 bits per heavy atom. The maximum atomic E-state index is 5.93. The van der Waals surface area contributed by atoms with Crippen LogP contribution in [-0.2, 0) is 10.2 Å². The molecule has 1 unspecified atom stereocenters. The summed E-state index contributed by atoms with van der Waals surface area (Å²) in [6.07, 6.45) is 2.41. The number of aromatic nitrogens is 1. The molecule has 1 aromatic heterocycles. The topological polar surface area (TPSA) is 61.3 Å². The van der Waals surface area contributed by atoms with Crippen LogP contribution in [0.4, 0.5) is 0 Å². The van der Waals surface area contributed by atoms with Crippen LogP contribution in [0.5, 0.6) is 0 Å². The van der Waals surface area contributed by atoms with Crippen molar-refractivity contribution in [1.82, 2.24) is 4.98 Å². The lowest BCUT2D eigenvalue weighted by Crippen LogP contribution is -2.49. The number of hydrogen-bond donors (Lipinski definition) is 1. The van der Waals surface area contributed by atoms with Gasteiger partial charge < -0.3 is 14.9 Å². The van der Waals surface area contributed by atoms with Gasteiger partial charge in [-0.1, -0.05) is 6.07 Å². The van der Waals surface area contributed by atoms with Gasteiger partial charge in [0.1, 0.15) is 5.52 Å². The van der Waals surface area contributed by atoms with Gasteiger partial charge in [-0.05, 0) is 31.0 Å². The monoisotopic (exact) mass is 232 g/mol. The lowest BCUT2D eigenvalue weighted by Gasteiger charge is -2.43. The SMILES string of the molecule is CC(N)CC1(c2ccc3ncoc3c2)COC1. The molecule has 0 bridgehead atoms. The second-order valence-corrected chi connectivity index (χ2v) is 4.99. The highest BCUT2D eigenvalue weighted by molar-refractivity contribution is 5.73. The van der Waals surface area contributed by atoms with Crippen molar-refractivity contribution in [2.24, 2.45) is 5.73 Å². The molecular weight excluding hydrogens is 216 g/mol. The van der Waals surface area contributed by atoms with Crippen LogP contribution in [0, 0.1) is 0 Å². The Labute approximate surface area is 99.8 Å². The first-order chi connectivity index (χ1) is 8.20. The minimum absolute atomic E-state index is 0.0646. The molecular formula is C13H16N2O2. The zero-order valence-electron chi connectivity index (χ0n) is 9.85. The highest BCUT2D eigenvalue weighted by Gasteiger charge is 2.41. The molecule has 2 N–H and O–H groups in total. The van der Waals surface area contributed by atoms with Crippen LogP contribution in [0.2, 0.25) is 0 Å². The van der Waals surface area contributed by atoms with Gasteiger partial charge in [0.05, 0.1) is 13.2 Å². The van der Waals surface area contributed by atoms with Crippen molar-refractivity contribution < 1.29 is 9.15 Å². The number of benzene rings is 1. The average molecular weight is 232 g/mol. The zero-order chi connectivity index (χ0) is 11.9. The van der Waals surface area contributed by atoms with Crippen molar-refractivity contribution in [3.8, 4) is 0 Å². The molecule has 1 saturated heterocycles. The lowest BCUT2D eigenvalue weighted by molar-refractivity contribution is -0.0665. The van der Waals surface area contributed by atoms with E-state index in [1.807, 2.05) is 13.0 Å². The first-order valence-electron chi connectivity index (χ1n) is 5.87. The predicted octanol–water partition coefficient (Wildman–Crippen LogP) is 1.83. The van der Waals surface area contributed by atoms with E-state index < -0.39 is 0 Å². The Morgan fingerprint density at radius 2 is 2.29 bits per heavy atom. The van der Waals surface area contributed by atoms with Gasteiger partial charge in [0, 0.05) is 11.5 Å². The van der Waals surface area contributed by atoms with E-state index in [1.54, 1.807) is 0 Å². The molecule has 1 fully saturated rings. The summed E-state index contributed by atoms with van der Waals surface area (Å²) in [5.41, 5.74) is 8.96. The maximum Gasteiger partial charge on any atom is 0.181 e. The molecule has 4 heteroatoms. The van der Waals surface area contributed by atoms with E-state index in [0.29, 0.717) is 0 Å². The second kappa shape index (κ2) is 3.82. The van der Waals surface area contributed by atoms with Crippen LogP contribution in [0.3, 0.4) is 0 Å². The van der Waals surface area contributed by atoms with Crippen LogP contribution >= 0.6 is 0 Å². The fourth-order valence-electron chi connectivity index (χ4n) is 2.55. The van der Waals surface area contributed by atoms with Crippen LogP contribution in [0.1, 0.15) is 18.9 Å². The predicted molar refractivity (Wildman–Crippen MR) is 64.8 cm³/mol. The van der Waals surface area contributed by atoms with Crippen molar-refractivity contribution in [1.29, 1.82) is 0 Å². The second-order valence-electron chi connectivity index (χ2n) is 4.99. The summed E-state index contributed by atoms with van der Waals surface area (Å²) in [5.74, 6) is 0. The third-order valence-corrected chi connectivity index (χ3v) is 3.41. The van der Waals surface area contributed by atoms with Crippen LogP contribution in [-0.4, -0.2) is 24.2 Å². The molecule has 1 aromatic carbocycles. The van der Waals surface area contributed by atoms with Gasteiger partial charge in [-0.3, -0.25) is 0 Å². The summed E-state index contributed by atoms with van der Waals surface area (Å²) < 4.78 is 10.7. The quantitative estimate of drug-likeness (QED) is 0.877. The number of ether oxygens (including phenoxy) is 1. The Hall–Kier alpha value is -1.39. The molecule has 17 heavy (non-hydrogen) atoms. The van der Waals surface area contributed by atoms with Gasteiger partial charge in [0.15, 0.2) is 12.0 Å². The Bertz CT molecular complexity index is 529. The van der Waals surface area contributed by atoms with Gasteiger partial charge in [-0.25, -0.2) is 4.98 Å². The van der Waals surface area contributed by atoms with Crippen molar-refractivity contribution in [3.63, 3.8) is 0 Å². The van der Waals surface area contributed by atoms with Gasteiger partial charge >= 0.3 is 0 Å². The standard InChI is InChI=1S/C13H16N2O2/c1-9(14)5-13(6-16-7-13)10-2-3-11-12(4-10)17-8-15-11/h2-4,8-9H,5-7,14H2,1H3. The summed E-state index contributed by atoms with van der Waals surface area (Å²) in [7, 11) is 0. The number of rotatable bonds is 3. The third kappa shape index (κ3) is 1.73. The van der Waals surface area contributed by atoms with E-state index in [-0.39, 0.29) is 11.5 Å². The van der Waals surface area contributed by atoms with E-state index in [0.717, 1.165) is 30.7 Å². The summed E-state index contributed by atoms with van der Waals surface area (Å²) in [6.45, 7) is 3.52. The summed E-state index contributed by atoms with van der Waals surface area (Å²) in [6, 6.07) is 6.34. The molecule has 90 valence electrons. The fourth-order valence-corrected chi connectivity index (χ4v) is 2.55. The van der Waals surface area contributed by atoms with Gasteiger partial charge in [-0.15, -0.1) is 0 Å². The number of fused-ring (bicyclic) bond motifs is 1. The van der Waals surface area contributed by atoms with E-state index in [2.05, 4.69) is 17.1 Å².